The van der Waals surface area contributed by atoms with E-state index in [0.29, 0.717) is 0 Å². The van der Waals surface area contributed by atoms with Gasteiger partial charge in [-0.3, -0.25) is 4.98 Å². The number of nitrogens with one attached hydrogen (secondary N) is 1. The van der Waals surface area contributed by atoms with Crippen LogP contribution < -0.4 is 5.32 Å². The Balaban J connectivity index is 1.53. The van der Waals surface area contributed by atoms with Gasteiger partial charge in [-0.2, -0.15) is 0 Å². The van der Waals surface area contributed by atoms with Gasteiger partial charge >= 0.3 is 0 Å². The Hall–Kier alpha value is -3.39. The van der Waals surface area contributed by atoms with Gasteiger partial charge in [-0.05, 0) is 35.4 Å². The summed E-state index contributed by atoms with van der Waals surface area (Å²) in [6, 6.07) is 28.9. The molecule has 0 aliphatic rings. The number of fused-ring (bicyclic) bond motifs is 1. The minimum atomic E-state index is 0.995. The van der Waals surface area contributed by atoms with Gasteiger partial charge < -0.3 is 5.32 Å². The first-order valence-corrected chi connectivity index (χ1v) is 8.32. The second-order valence-electron chi connectivity index (χ2n) is 5.87. The summed E-state index contributed by atoms with van der Waals surface area (Å²) in [7, 11) is 0. The van der Waals surface area contributed by atoms with E-state index in [1.807, 2.05) is 48.7 Å². The molecule has 0 fully saturated rings. The van der Waals surface area contributed by atoms with Gasteiger partial charge in [0.1, 0.15) is 0 Å². The third-order valence-electron chi connectivity index (χ3n) is 4.11. The largest absolute Gasteiger partial charge is 0.355 e. The molecule has 120 valence electrons. The lowest BCUT2D eigenvalue weighted by Crippen LogP contribution is -1.92. The average Bonchev–Trinajstić information content (AvgIpc) is 2.69. The highest BCUT2D eigenvalue weighted by atomic mass is 14.9. The van der Waals surface area contributed by atoms with E-state index in [0.717, 1.165) is 22.3 Å². The summed E-state index contributed by atoms with van der Waals surface area (Å²) in [4.78, 5) is 4.40. The molecule has 1 N–H and O–H groups in total. The van der Waals surface area contributed by atoms with Crippen LogP contribution in [0.1, 0.15) is 11.1 Å². The fraction of sp³-hybridized carbons (Fsp3) is 0. The van der Waals surface area contributed by atoms with Crippen LogP contribution in [0.5, 0.6) is 0 Å². The van der Waals surface area contributed by atoms with Crippen molar-refractivity contribution in [2.24, 2.45) is 0 Å². The number of hydrogen-bond acceptors (Lipinski definition) is 2. The van der Waals surface area contributed by atoms with E-state index in [1.54, 1.807) is 0 Å². The zero-order chi connectivity index (χ0) is 16.9. The summed E-state index contributed by atoms with van der Waals surface area (Å²) in [5.41, 5.74) is 5.50. The Kier molecular flexibility index (Phi) is 4.25. The highest BCUT2D eigenvalue weighted by Crippen LogP contribution is 2.25. The monoisotopic (exact) mass is 322 g/mol. The average molecular weight is 322 g/mol. The molecule has 4 rings (SSSR count). The first kappa shape index (κ1) is 15.2. The molecule has 0 radical (unpaired) electrons. The summed E-state index contributed by atoms with van der Waals surface area (Å²) in [6.45, 7) is 0. The fourth-order valence-electron chi connectivity index (χ4n) is 2.79. The van der Waals surface area contributed by atoms with Crippen LogP contribution in [0.2, 0.25) is 0 Å². The number of pyridine rings is 1. The topological polar surface area (TPSA) is 24.9 Å². The summed E-state index contributed by atoms with van der Waals surface area (Å²) in [6.07, 6.45) is 6.08. The van der Waals surface area contributed by atoms with Crippen molar-refractivity contribution in [1.82, 2.24) is 4.98 Å². The molecule has 3 aromatic carbocycles. The lowest BCUT2D eigenvalue weighted by atomic mass is 10.1. The van der Waals surface area contributed by atoms with Gasteiger partial charge in [-0.25, -0.2) is 0 Å². The van der Waals surface area contributed by atoms with Gasteiger partial charge in [0.2, 0.25) is 0 Å². The predicted octanol–water partition coefficient (Wildman–Crippen LogP) is 6.15. The minimum absolute atomic E-state index is 0.995. The third kappa shape index (κ3) is 3.59. The second kappa shape index (κ2) is 7.02. The van der Waals surface area contributed by atoms with Gasteiger partial charge in [0.15, 0.2) is 0 Å². The SMILES string of the molecule is C(=Cc1ccc(Nc2ccnc3ccccc23)cc1)c1ccccc1. The predicted molar refractivity (Wildman–Crippen MR) is 107 cm³/mol. The molecule has 2 heteroatoms. The van der Waals surface area contributed by atoms with Crippen molar-refractivity contribution in [3.05, 3.63) is 102 Å². The van der Waals surface area contributed by atoms with Crippen LogP contribution in [0.4, 0.5) is 11.4 Å². The third-order valence-corrected chi connectivity index (χ3v) is 4.11. The van der Waals surface area contributed by atoms with Gasteiger partial charge in [-0.15, -0.1) is 0 Å². The second-order valence-corrected chi connectivity index (χ2v) is 5.87. The van der Waals surface area contributed by atoms with E-state index in [-0.39, 0.29) is 0 Å². The van der Waals surface area contributed by atoms with E-state index < -0.39 is 0 Å². The van der Waals surface area contributed by atoms with Crippen LogP contribution in [-0.2, 0) is 0 Å². The zero-order valence-corrected chi connectivity index (χ0v) is 13.8. The molecule has 1 heterocycles. The molecule has 0 amide bonds. The Labute approximate surface area is 147 Å². The standard InChI is InChI=1S/C23H18N2/c1-2-6-18(7-3-1)10-11-19-12-14-20(15-13-19)25-23-16-17-24-22-9-5-4-8-21(22)23/h1-17H,(H,24,25). The smallest absolute Gasteiger partial charge is 0.0722 e. The number of hydrogen-bond donors (Lipinski definition) is 1. The van der Waals surface area contributed by atoms with Gasteiger partial charge in [-0.1, -0.05) is 72.8 Å². The molecule has 0 spiro atoms. The molecule has 0 aliphatic carbocycles. The maximum absolute atomic E-state index is 4.40. The molecule has 0 bridgehead atoms. The number of benzene rings is 3. The van der Waals surface area contributed by atoms with E-state index in [1.165, 1.54) is 11.1 Å². The van der Waals surface area contributed by atoms with Crippen molar-refractivity contribution in [1.29, 1.82) is 0 Å². The highest BCUT2D eigenvalue weighted by Gasteiger charge is 2.01. The van der Waals surface area contributed by atoms with Crippen molar-refractivity contribution in [2.45, 2.75) is 0 Å². The molecular weight excluding hydrogens is 304 g/mol. The summed E-state index contributed by atoms with van der Waals surface area (Å²) in [5, 5.41) is 4.61. The number of aromatic nitrogens is 1. The molecule has 0 aliphatic heterocycles. The molecule has 4 aromatic rings. The lowest BCUT2D eigenvalue weighted by molar-refractivity contribution is 1.40. The van der Waals surface area contributed by atoms with Crippen molar-refractivity contribution in [3.63, 3.8) is 0 Å². The molecule has 0 atom stereocenters. The van der Waals surface area contributed by atoms with Gasteiger partial charge in [0.25, 0.3) is 0 Å². The maximum Gasteiger partial charge on any atom is 0.0722 e. The van der Waals surface area contributed by atoms with Gasteiger partial charge in [0, 0.05) is 23.0 Å². The summed E-state index contributed by atoms with van der Waals surface area (Å²) < 4.78 is 0. The first-order valence-electron chi connectivity index (χ1n) is 8.32. The maximum atomic E-state index is 4.40. The fourth-order valence-corrected chi connectivity index (χ4v) is 2.79. The molecule has 1 aromatic heterocycles. The molecule has 0 unspecified atom stereocenters. The van der Waals surface area contributed by atoms with Crippen LogP contribution in [0.3, 0.4) is 0 Å². The van der Waals surface area contributed by atoms with Crippen LogP contribution in [0, 0.1) is 0 Å². The highest BCUT2D eigenvalue weighted by molar-refractivity contribution is 5.92. The van der Waals surface area contributed by atoms with Crippen LogP contribution >= 0.6 is 0 Å². The molecule has 25 heavy (non-hydrogen) atoms. The Morgan fingerprint density at radius 1 is 0.640 bits per heavy atom. The molecule has 0 saturated heterocycles. The van der Waals surface area contributed by atoms with E-state index >= 15 is 0 Å². The Morgan fingerprint density at radius 2 is 1.32 bits per heavy atom. The first-order chi connectivity index (χ1) is 12.4. The lowest BCUT2D eigenvalue weighted by Gasteiger charge is -2.09. The van der Waals surface area contributed by atoms with Crippen molar-refractivity contribution < 1.29 is 0 Å². The normalized spacial score (nSPS) is 11.0. The van der Waals surface area contributed by atoms with Crippen LogP contribution in [-0.4, -0.2) is 4.98 Å². The van der Waals surface area contributed by atoms with Gasteiger partial charge in [0.05, 0.1) is 5.52 Å². The summed E-state index contributed by atoms with van der Waals surface area (Å²) in [5.74, 6) is 0. The number of anilines is 2. The zero-order valence-electron chi connectivity index (χ0n) is 13.8. The van der Waals surface area contributed by atoms with Crippen molar-refractivity contribution >= 4 is 34.4 Å². The minimum Gasteiger partial charge on any atom is -0.355 e. The Morgan fingerprint density at radius 3 is 2.12 bits per heavy atom. The van der Waals surface area contributed by atoms with Crippen molar-refractivity contribution in [2.75, 3.05) is 5.32 Å². The molecule has 2 nitrogen and oxygen atoms in total. The molecule has 0 saturated carbocycles. The summed E-state index contributed by atoms with van der Waals surface area (Å²) >= 11 is 0. The number of nitrogens with zero attached hydrogens (tertiary/aromatic N) is 1. The molecular formula is C23H18N2. The van der Waals surface area contributed by atoms with Crippen molar-refractivity contribution in [3.8, 4) is 0 Å². The van der Waals surface area contributed by atoms with Crippen LogP contribution in [0.15, 0.2) is 91.1 Å². The number of rotatable bonds is 4. The quantitative estimate of drug-likeness (QED) is 0.456. The Bertz CT molecular complexity index is 998. The number of para-hydroxylation sites is 1. The van der Waals surface area contributed by atoms with E-state index in [9.17, 15) is 0 Å². The van der Waals surface area contributed by atoms with Crippen LogP contribution in [0.25, 0.3) is 23.1 Å². The van der Waals surface area contributed by atoms with E-state index in [4.69, 9.17) is 0 Å². The van der Waals surface area contributed by atoms with E-state index in [2.05, 4.69) is 64.9 Å².